The van der Waals surface area contributed by atoms with Crippen molar-refractivity contribution < 1.29 is 12.8 Å². The van der Waals surface area contributed by atoms with Crippen LogP contribution in [-0.2, 0) is 16.6 Å². The highest BCUT2D eigenvalue weighted by Crippen LogP contribution is 2.18. The van der Waals surface area contributed by atoms with Gasteiger partial charge in [-0.2, -0.15) is 9.40 Å². The Morgan fingerprint density at radius 3 is 2.62 bits per heavy atom. The molecule has 0 spiro atoms. The summed E-state index contributed by atoms with van der Waals surface area (Å²) in [5.41, 5.74) is 0.816. The Kier molecular flexibility index (Phi) is 4.41. The van der Waals surface area contributed by atoms with Crippen LogP contribution in [0.1, 0.15) is 5.69 Å². The maximum absolute atomic E-state index is 13.8. The predicted octanol–water partition coefficient (Wildman–Crippen LogP) is 2.23. The Bertz CT molecular complexity index is 941. The van der Waals surface area contributed by atoms with Crippen LogP contribution < -0.4 is 0 Å². The first-order chi connectivity index (χ1) is 11.5. The van der Waals surface area contributed by atoms with Crippen LogP contribution >= 0.6 is 0 Å². The van der Waals surface area contributed by atoms with Crippen molar-refractivity contribution in [3.63, 3.8) is 0 Å². The number of hydrogen-bond acceptors (Lipinski definition) is 4. The number of pyridine rings is 1. The molecule has 0 aliphatic heterocycles. The van der Waals surface area contributed by atoms with Crippen LogP contribution in [0.5, 0.6) is 0 Å². The minimum absolute atomic E-state index is 0.0100. The summed E-state index contributed by atoms with van der Waals surface area (Å²) in [6.07, 6.45) is 4.10. The standard InChI is InChI=1S/C16H15FN4O2S/c1-20(11-13-6-4-5-9-18-13)24(22,23)14-10-19-21(12-14)16-8-3-2-7-15(16)17/h2-10,12H,11H2,1H3. The predicted molar refractivity (Wildman–Crippen MR) is 86.4 cm³/mol. The van der Waals surface area contributed by atoms with Crippen LogP contribution in [0, 0.1) is 5.82 Å². The fraction of sp³-hybridized carbons (Fsp3) is 0.125. The molecule has 0 aliphatic carbocycles. The molecule has 0 bridgehead atoms. The summed E-state index contributed by atoms with van der Waals surface area (Å²) in [6, 6.07) is 11.3. The van der Waals surface area contributed by atoms with E-state index in [1.165, 1.54) is 40.6 Å². The third-order valence-corrected chi connectivity index (χ3v) is 5.23. The highest BCUT2D eigenvalue weighted by molar-refractivity contribution is 7.89. The third kappa shape index (κ3) is 3.19. The maximum Gasteiger partial charge on any atom is 0.246 e. The molecule has 0 radical (unpaired) electrons. The van der Waals surface area contributed by atoms with E-state index < -0.39 is 15.8 Å². The number of hydrogen-bond donors (Lipinski definition) is 0. The lowest BCUT2D eigenvalue weighted by Crippen LogP contribution is -2.26. The van der Waals surface area contributed by atoms with E-state index in [2.05, 4.69) is 10.1 Å². The van der Waals surface area contributed by atoms with Crippen molar-refractivity contribution in [1.29, 1.82) is 0 Å². The molecular weight excluding hydrogens is 331 g/mol. The lowest BCUT2D eigenvalue weighted by Gasteiger charge is -2.15. The molecular formula is C16H15FN4O2S. The Balaban J connectivity index is 1.87. The van der Waals surface area contributed by atoms with Crippen LogP contribution in [0.25, 0.3) is 5.69 Å². The van der Waals surface area contributed by atoms with E-state index in [4.69, 9.17) is 0 Å². The summed E-state index contributed by atoms with van der Waals surface area (Å²) in [5.74, 6) is -0.480. The first-order valence-electron chi connectivity index (χ1n) is 7.14. The van der Waals surface area contributed by atoms with E-state index in [1.54, 1.807) is 36.5 Å². The topological polar surface area (TPSA) is 68.1 Å². The van der Waals surface area contributed by atoms with Gasteiger partial charge in [0.25, 0.3) is 0 Å². The van der Waals surface area contributed by atoms with Gasteiger partial charge in [0.1, 0.15) is 16.4 Å². The Labute approximate surface area is 139 Å². The van der Waals surface area contributed by atoms with Crippen molar-refractivity contribution in [3.8, 4) is 5.69 Å². The van der Waals surface area contributed by atoms with Gasteiger partial charge in [-0.05, 0) is 24.3 Å². The highest BCUT2D eigenvalue weighted by atomic mass is 32.2. The molecule has 2 heterocycles. The Morgan fingerprint density at radius 1 is 1.17 bits per heavy atom. The first-order valence-corrected chi connectivity index (χ1v) is 8.58. The number of sulfonamides is 1. The summed E-state index contributed by atoms with van der Waals surface area (Å²) >= 11 is 0. The minimum atomic E-state index is -3.75. The van der Waals surface area contributed by atoms with Crippen molar-refractivity contribution in [1.82, 2.24) is 19.1 Å². The minimum Gasteiger partial charge on any atom is -0.260 e. The van der Waals surface area contributed by atoms with Gasteiger partial charge in [-0.15, -0.1) is 0 Å². The zero-order valence-electron chi connectivity index (χ0n) is 12.9. The largest absolute Gasteiger partial charge is 0.260 e. The van der Waals surface area contributed by atoms with Crippen molar-refractivity contribution in [2.45, 2.75) is 11.4 Å². The molecule has 0 unspecified atom stereocenters. The zero-order chi connectivity index (χ0) is 17.2. The van der Waals surface area contributed by atoms with Crippen LogP contribution in [0.15, 0.2) is 66.0 Å². The van der Waals surface area contributed by atoms with Gasteiger partial charge in [-0.1, -0.05) is 18.2 Å². The Morgan fingerprint density at radius 2 is 1.92 bits per heavy atom. The van der Waals surface area contributed by atoms with Gasteiger partial charge in [0.05, 0.1) is 24.6 Å². The van der Waals surface area contributed by atoms with Crippen molar-refractivity contribution in [3.05, 3.63) is 72.6 Å². The number of halogens is 1. The molecule has 3 aromatic rings. The van der Waals surface area contributed by atoms with Gasteiger partial charge in [0.15, 0.2) is 0 Å². The molecule has 0 atom stereocenters. The van der Waals surface area contributed by atoms with Crippen molar-refractivity contribution in [2.75, 3.05) is 7.05 Å². The molecule has 3 rings (SSSR count). The van der Waals surface area contributed by atoms with Crippen LogP contribution in [-0.4, -0.2) is 34.5 Å². The molecule has 8 heteroatoms. The normalized spacial score (nSPS) is 11.8. The van der Waals surface area contributed by atoms with E-state index >= 15 is 0 Å². The number of nitrogens with zero attached hydrogens (tertiary/aromatic N) is 4. The summed E-state index contributed by atoms with van der Waals surface area (Å²) < 4.78 is 41.4. The maximum atomic E-state index is 13.8. The van der Waals surface area contributed by atoms with Crippen LogP contribution in [0.3, 0.4) is 0 Å². The van der Waals surface area contributed by atoms with E-state index in [0.29, 0.717) is 5.69 Å². The van der Waals surface area contributed by atoms with Crippen LogP contribution in [0.2, 0.25) is 0 Å². The first kappa shape index (κ1) is 16.3. The average molecular weight is 346 g/mol. The summed E-state index contributed by atoms with van der Waals surface area (Å²) in [4.78, 5) is 4.10. The second kappa shape index (κ2) is 6.50. The lowest BCUT2D eigenvalue weighted by atomic mass is 10.3. The van der Waals surface area contributed by atoms with E-state index in [-0.39, 0.29) is 17.1 Å². The molecule has 0 saturated heterocycles. The van der Waals surface area contributed by atoms with Crippen molar-refractivity contribution in [2.24, 2.45) is 0 Å². The summed E-state index contributed by atoms with van der Waals surface area (Å²) in [5, 5.41) is 3.96. The summed E-state index contributed by atoms with van der Waals surface area (Å²) in [6.45, 7) is 0.133. The van der Waals surface area contributed by atoms with Gasteiger partial charge in [0, 0.05) is 13.2 Å². The van der Waals surface area contributed by atoms with E-state index in [1.807, 2.05) is 0 Å². The van der Waals surface area contributed by atoms with Gasteiger partial charge in [-0.25, -0.2) is 17.5 Å². The molecule has 0 amide bonds. The lowest BCUT2D eigenvalue weighted by molar-refractivity contribution is 0.462. The molecule has 1 aromatic carbocycles. The molecule has 24 heavy (non-hydrogen) atoms. The number of rotatable bonds is 5. The Hall–Kier alpha value is -2.58. The van der Waals surface area contributed by atoms with Gasteiger partial charge >= 0.3 is 0 Å². The van der Waals surface area contributed by atoms with Gasteiger partial charge < -0.3 is 0 Å². The van der Waals surface area contributed by atoms with E-state index in [9.17, 15) is 12.8 Å². The smallest absolute Gasteiger partial charge is 0.246 e. The van der Waals surface area contributed by atoms with Crippen LogP contribution in [0.4, 0.5) is 4.39 Å². The zero-order valence-corrected chi connectivity index (χ0v) is 13.7. The monoisotopic (exact) mass is 346 g/mol. The molecule has 0 N–H and O–H groups in total. The van der Waals surface area contributed by atoms with E-state index in [0.717, 1.165) is 0 Å². The van der Waals surface area contributed by atoms with Gasteiger partial charge in [-0.3, -0.25) is 4.98 Å². The second-order valence-corrected chi connectivity index (χ2v) is 7.20. The molecule has 0 fully saturated rings. The number of aromatic nitrogens is 3. The number of para-hydroxylation sites is 1. The number of benzene rings is 1. The average Bonchev–Trinajstić information content (AvgIpc) is 3.06. The highest BCUT2D eigenvalue weighted by Gasteiger charge is 2.23. The molecule has 124 valence electrons. The molecule has 2 aromatic heterocycles. The quantitative estimate of drug-likeness (QED) is 0.710. The van der Waals surface area contributed by atoms with Gasteiger partial charge in [0.2, 0.25) is 10.0 Å². The second-order valence-electron chi connectivity index (χ2n) is 5.15. The third-order valence-electron chi connectivity index (χ3n) is 3.48. The summed E-state index contributed by atoms with van der Waals surface area (Å²) in [7, 11) is -2.29. The molecule has 0 saturated carbocycles. The molecule has 6 nitrogen and oxygen atoms in total. The fourth-order valence-electron chi connectivity index (χ4n) is 2.19. The van der Waals surface area contributed by atoms with Crippen molar-refractivity contribution >= 4 is 10.0 Å². The molecule has 0 aliphatic rings. The fourth-order valence-corrected chi connectivity index (χ4v) is 3.27. The SMILES string of the molecule is CN(Cc1ccccn1)S(=O)(=O)c1cnn(-c2ccccc2F)c1.